The van der Waals surface area contributed by atoms with Crippen LogP contribution in [0.4, 0.5) is 0 Å². The highest BCUT2D eigenvalue weighted by Gasteiger charge is 2.42. The molecule has 2 atom stereocenters. The fraction of sp³-hybridized carbons (Fsp3) is 0.933. The molecule has 0 amide bonds. The van der Waals surface area contributed by atoms with Gasteiger partial charge in [0, 0.05) is 25.0 Å². The fourth-order valence-electron chi connectivity index (χ4n) is 3.76. The Hall–Kier alpha value is -0.410. The molecule has 0 bridgehead atoms. The third kappa shape index (κ3) is 2.62. The lowest BCUT2D eigenvalue weighted by Crippen LogP contribution is -2.41. The summed E-state index contributed by atoms with van der Waals surface area (Å²) in [6.07, 6.45) is 9.78. The molecule has 1 saturated heterocycles. The van der Waals surface area contributed by atoms with Crippen molar-refractivity contribution in [3.63, 3.8) is 0 Å². The van der Waals surface area contributed by atoms with Crippen molar-refractivity contribution in [2.75, 3.05) is 6.61 Å². The minimum Gasteiger partial charge on any atom is -0.375 e. The van der Waals surface area contributed by atoms with Crippen LogP contribution in [0, 0.1) is 11.8 Å². The number of ketones is 1. The lowest BCUT2D eigenvalue weighted by molar-refractivity contribution is -0.136. The summed E-state index contributed by atoms with van der Waals surface area (Å²) in [7, 11) is 0. The molecule has 1 aliphatic heterocycles. The maximum absolute atomic E-state index is 12.3. The molecular formula is C15H25NO2. The molecule has 0 aromatic heterocycles. The van der Waals surface area contributed by atoms with E-state index < -0.39 is 0 Å². The summed E-state index contributed by atoms with van der Waals surface area (Å²) in [5.74, 6) is 1.26. The Labute approximate surface area is 109 Å². The summed E-state index contributed by atoms with van der Waals surface area (Å²) in [4.78, 5) is 12.3. The van der Waals surface area contributed by atoms with Crippen molar-refractivity contribution >= 4 is 5.78 Å². The van der Waals surface area contributed by atoms with Crippen molar-refractivity contribution in [3.05, 3.63) is 0 Å². The summed E-state index contributed by atoms with van der Waals surface area (Å²) in [5.41, 5.74) is 6.14. The number of nitrogens with two attached hydrogens (primary N) is 1. The highest BCUT2D eigenvalue weighted by atomic mass is 16.5. The minimum absolute atomic E-state index is 0.0578. The maximum Gasteiger partial charge on any atom is 0.137 e. The Balaban J connectivity index is 1.56. The van der Waals surface area contributed by atoms with Crippen LogP contribution in [0.5, 0.6) is 0 Å². The Bertz CT molecular complexity index is 318. The summed E-state index contributed by atoms with van der Waals surface area (Å²) in [6, 6.07) is 0.125. The molecule has 1 spiro atoms. The lowest BCUT2D eigenvalue weighted by Gasteiger charge is -2.38. The smallest absolute Gasteiger partial charge is 0.137 e. The van der Waals surface area contributed by atoms with Crippen molar-refractivity contribution in [2.24, 2.45) is 17.6 Å². The molecule has 0 radical (unpaired) electrons. The van der Waals surface area contributed by atoms with Gasteiger partial charge >= 0.3 is 0 Å². The monoisotopic (exact) mass is 251 g/mol. The molecule has 3 fully saturated rings. The van der Waals surface area contributed by atoms with Crippen LogP contribution in [0.15, 0.2) is 0 Å². The van der Waals surface area contributed by atoms with Crippen LogP contribution in [0.25, 0.3) is 0 Å². The first-order valence-electron chi connectivity index (χ1n) is 7.61. The SMILES string of the molecule is NC(CC(=O)C1CCOC2(CCCC2)C1)C1CC1. The van der Waals surface area contributed by atoms with E-state index in [0.29, 0.717) is 18.1 Å². The Morgan fingerprint density at radius 3 is 2.67 bits per heavy atom. The number of hydrogen-bond donors (Lipinski definition) is 1. The molecule has 2 unspecified atom stereocenters. The van der Waals surface area contributed by atoms with Gasteiger partial charge in [0.15, 0.2) is 0 Å². The first-order valence-corrected chi connectivity index (χ1v) is 7.61. The Morgan fingerprint density at radius 1 is 1.28 bits per heavy atom. The topological polar surface area (TPSA) is 52.3 Å². The van der Waals surface area contributed by atoms with Crippen molar-refractivity contribution < 1.29 is 9.53 Å². The average molecular weight is 251 g/mol. The van der Waals surface area contributed by atoms with Gasteiger partial charge in [0.1, 0.15) is 5.78 Å². The van der Waals surface area contributed by atoms with Crippen molar-refractivity contribution in [1.29, 1.82) is 0 Å². The molecule has 0 aromatic rings. The average Bonchev–Trinajstić information content (AvgIpc) is 3.13. The van der Waals surface area contributed by atoms with E-state index in [9.17, 15) is 4.79 Å². The predicted molar refractivity (Wildman–Crippen MR) is 70.2 cm³/mol. The summed E-state index contributed by atoms with van der Waals surface area (Å²) in [6.45, 7) is 0.773. The van der Waals surface area contributed by atoms with Gasteiger partial charge in [-0.3, -0.25) is 4.79 Å². The van der Waals surface area contributed by atoms with Gasteiger partial charge in [0.05, 0.1) is 5.60 Å². The minimum atomic E-state index is 0.0578. The second-order valence-corrected chi connectivity index (χ2v) is 6.60. The number of Topliss-reactive ketones (excluding diaryl/α,β-unsaturated/α-hetero) is 1. The number of carbonyl (C=O) groups excluding carboxylic acids is 1. The van der Waals surface area contributed by atoms with Crippen LogP contribution in [-0.4, -0.2) is 24.0 Å². The number of ether oxygens (including phenoxy) is 1. The quantitative estimate of drug-likeness (QED) is 0.835. The first-order chi connectivity index (χ1) is 8.69. The molecule has 0 aromatic carbocycles. The van der Waals surface area contributed by atoms with Gasteiger partial charge in [-0.15, -0.1) is 0 Å². The number of hydrogen-bond acceptors (Lipinski definition) is 3. The van der Waals surface area contributed by atoms with Gasteiger partial charge in [0.2, 0.25) is 0 Å². The van der Waals surface area contributed by atoms with E-state index in [0.717, 1.165) is 32.3 Å². The van der Waals surface area contributed by atoms with Gasteiger partial charge in [-0.25, -0.2) is 0 Å². The zero-order valence-electron chi connectivity index (χ0n) is 11.2. The van der Waals surface area contributed by atoms with Crippen LogP contribution < -0.4 is 5.73 Å². The second kappa shape index (κ2) is 4.93. The third-order valence-corrected chi connectivity index (χ3v) is 5.13. The van der Waals surface area contributed by atoms with Crippen LogP contribution in [0.3, 0.4) is 0 Å². The summed E-state index contributed by atoms with van der Waals surface area (Å²) >= 11 is 0. The van der Waals surface area contributed by atoms with Gasteiger partial charge in [-0.1, -0.05) is 12.8 Å². The van der Waals surface area contributed by atoms with E-state index in [4.69, 9.17) is 10.5 Å². The highest BCUT2D eigenvalue weighted by molar-refractivity contribution is 5.81. The van der Waals surface area contributed by atoms with Gasteiger partial charge in [-0.2, -0.15) is 0 Å². The number of carbonyl (C=O) groups is 1. The summed E-state index contributed by atoms with van der Waals surface area (Å²) < 4.78 is 5.99. The standard InChI is InChI=1S/C15H25NO2/c16-13(11-3-4-11)9-14(17)12-5-8-18-15(10-12)6-1-2-7-15/h11-13H,1-10,16H2. The molecule has 2 saturated carbocycles. The molecule has 1 heterocycles. The molecule has 18 heavy (non-hydrogen) atoms. The highest BCUT2D eigenvalue weighted by Crippen LogP contribution is 2.43. The maximum atomic E-state index is 12.3. The number of rotatable bonds is 4. The fourth-order valence-corrected chi connectivity index (χ4v) is 3.76. The lowest BCUT2D eigenvalue weighted by atomic mass is 9.81. The summed E-state index contributed by atoms with van der Waals surface area (Å²) in [5, 5.41) is 0. The molecule has 3 rings (SSSR count). The van der Waals surface area contributed by atoms with E-state index in [-0.39, 0.29) is 17.6 Å². The van der Waals surface area contributed by atoms with Crippen LogP contribution in [-0.2, 0) is 9.53 Å². The van der Waals surface area contributed by atoms with E-state index in [1.807, 2.05) is 0 Å². The Kier molecular flexibility index (Phi) is 3.46. The zero-order chi connectivity index (χ0) is 12.6. The largest absolute Gasteiger partial charge is 0.375 e. The van der Waals surface area contributed by atoms with E-state index in [1.165, 1.54) is 25.7 Å². The molecular weight excluding hydrogens is 226 g/mol. The van der Waals surface area contributed by atoms with Gasteiger partial charge in [-0.05, 0) is 44.4 Å². The van der Waals surface area contributed by atoms with Crippen LogP contribution in [0.2, 0.25) is 0 Å². The molecule has 102 valence electrons. The van der Waals surface area contributed by atoms with Crippen molar-refractivity contribution in [1.82, 2.24) is 0 Å². The van der Waals surface area contributed by atoms with Crippen molar-refractivity contribution in [2.45, 2.75) is 69.4 Å². The zero-order valence-corrected chi connectivity index (χ0v) is 11.2. The van der Waals surface area contributed by atoms with Gasteiger partial charge in [0.25, 0.3) is 0 Å². The van der Waals surface area contributed by atoms with Crippen LogP contribution in [0.1, 0.15) is 57.8 Å². The van der Waals surface area contributed by atoms with E-state index >= 15 is 0 Å². The third-order valence-electron chi connectivity index (χ3n) is 5.13. The van der Waals surface area contributed by atoms with Crippen molar-refractivity contribution in [3.8, 4) is 0 Å². The normalized spacial score (nSPS) is 32.6. The molecule has 2 N–H and O–H groups in total. The van der Waals surface area contributed by atoms with Crippen LogP contribution >= 0.6 is 0 Å². The second-order valence-electron chi connectivity index (χ2n) is 6.60. The van der Waals surface area contributed by atoms with E-state index in [2.05, 4.69) is 0 Å². The molecule has 3 heteroatoms. The predicted octanol–water partition coefficient (Wildman–Crippen LogP) is 2.42. The van der Waals surface area contributed by atoms with E-state index in [1.54, 1.807) is 0 Å². The Morgan fingerprint density at radius 2 is 2.00 bits per heavy atom. The van der Waals surface area contributed by atoms with Gasteiger partial charge < -0.3 is 10.5 Å². The molecule has 3 nitrogen and oxygen atoms in total. The first kappa shape index (κ1) is 12.6. The molecule has 3 aliphatic rings. The molecule has 2 aliphatic carbocycles.